The molecule has 1 rings (SSSR count). The standard InChI is InChI=1S/C14H23O3P/c1-7-17-18(15,16)13-10(2)8-12(9-11(13)3)14(4,5)6/h8-9H,7H2,1-6H3,(H,15,16). The first kappa shape index (κ1) is 15.4. The lowest BCUT2D eigenvalue weighted by molar-refractivity contribution is 0.284. The fourth-order valence-corrected chi connectivity index (χ4v) is 3.57. The second-order valence-electron chi connectivity index (χ2n) is 5.65. The molecule has 1 aromatic rings. The van der Waals surface area contributed by atoms with Gasteiger partial charge in [-0.25, -0.2) is 0 Å². The summed E-state index contributed by atoms with van der Waals surface area (Å²) in [6.45, 7) is 12.1. The van der Waals surface area contributed by atoms with E-state index in [0.29, 0.717) is 5.30 Å². The van der Waals surface area contributed by atoms with Crippen molar-refractivity contribution in [2.45, 2.75) is 47.0 Å². The molecule has 0 amide bonds. The van der Waals surface area contributed by atoms with Gasteiger partial charge in [0, 0.05) is 0 Å². The zero-order valence-corrected chi connectivity index (χ0v) is 13.0. The molecule has 102 valence electrons. The molecular weight excluding hydrogens is 247 g/mol. The Morgan fingerprint density at radius 2 is 1.67 bits per heavy atom. The van der Waals surface area contributed by atoms with Crippen molar-refractivity contribution >= 4 is 12.9 Å². The van der Waals surface area contributed by atoms with Crippen LogP contribution in [0.3, 0.4) is 0 Å². The van der Waals surface area contributed by atoms with E-state index in [2.05, 4.69) is 20.8 Å². The zero-order chi connectivity index (χ0) is 14.1. The Hall–Kier alpha value is -0.630. The summed E-state index contributed by atoms with van der Waals surface area (Å²) in [5.41, 5.74) is 2.83. The highest BCUT2D eigenvalue weighted by atomic mass is 31.2. The van der Waals surface area contributed by atoms with Crippen LogP contribution in [0.1, 0.15) is 44.4 Å². The quantitative estimate of drug-likeness (QED) is 0.856. The molecule has 1 aromatic carbocycles. The van der Waals surface area contributed by atoms with E-state index in [1.54, 1.807) is 6.92 Å². The first-order chi connectivity index (χ1) is 8.09. The van der Waals surface area contributed by atoms with Gasteiger partial charge in [0.05, 0.1) is 11.9 Å². The van der Waals surface area contributed by atoms with Crippen LogP contribution in [0.5, 0.6) is 0 Å². The lowest BCUT2D eigenvalue weighted by atomic mass is 9.85. The first-order valence-electron chi connectivity index (χ1n) is 6.19. The van der Waals surface area contributed by atoms with Gasteiger partial charge in [0.2, 0.25) is 0 Å². The van der Waals surface area contributed by atoms with Gasteiger partial charge in [-0.05, 0) is 42.9 Å². The summed E-state index contributed by atoms with van der Waals surface area (Å²) in [6.07, 6.45) is 0. The first-order valence-corrected chi connectivity index (χ1v) is 7.77. The Kier molecular flexibility index (Phi) is 4.42. The fraction of sp³-hybridized carbons (Fsp3) is 0.571. The highest BCUT2D eigenvalue weighted by Crippen LogP contribution is 2.43. The van der Waals surface area contributed by atoms with Gasteiger partial charge in [0.25, 0.3) is 0 Å². The highest BCUT2D eigenvalue weighted by molar-refractivity contribution is 7.61. The smallest absolute Gasteiger partial charge is 0.321 e. The molecule has 0 saturated carbocycles. The number of hydrogen-bond donors (Lipinski definition) is 1. The Balaban J connectivity index is 3.38. The van der Waals surface area contributed by atoms with Crippen LogP contribution in [-0.2, 0) is 14.5 Å². The summed E-state index contributed by atoms with van der Waals surface area (Å²) in [5, 5.41) is 0.442. The van der Waals surface area contributed by atoms with E-state index >= 15 is 0 Å². The second kappa shape index (κ2) is 5.16. The van der Waals surface area contributed by atoms with Crippen molar-refractivity contribution in [2.24, 2.45) is 0 Å². The molecule has 1 N–H and O–H groups in total. The molecule has 1 atom stereocenters. The van der Waals surface area contributed by atoms with Crippen LogP contribution in [0, 0.1) is 13.8 Å². The van der Waals surface area contributed by atoms with E-state index < -0.39 is 7.60 Å². The lowest BCUT2D eigenvalue weighted by Gasteiger charge is -2.23. The van der Waals surface area contributed by atoms with Gasteiger partial charge >= 0.3 is 7.60 Å². The lowest BCUT2D eigenvalue weighted by Crippen LogP contribution is -2.19. The molecule has 0 aliphatic carbocycles. The van der Waals surface area contributed by atoms with Gasteiger partial charge in [-0.2, -0.15) is 0 Å². The van der Waals surface area contributed by atoms with Crippen LogP contribution in [0.2, 0.25) is 0 Å². The minimum atomic E-state index is -3.69. The van der Waals surface area contributed by atoms with Crippen LogP contribution in [0.4, 0.5) is 0 Å². The minimum Gasteiger partial charge on any atom is -0.321 e. The van der Waals surface area contributed by atoms with Crippen LogP contribution < -0.4 is 5.30 Å². The number of rotatable bonds is 3. The van der Waals surface area contributed by atoms with Crippen LogP contribution in [-0.4, -0.2) is 11.5 Å². The van der Waals surface area contributed by atoms with Crippen LogP contribution >= 0.6 is 7.60 Å². The normalized spacial score (nSPS) is 15.5. The van der Waals surface area contributed by atoms with E-state index in [1.807, 2.05) is 26.0 Å². The van der Waals surface area contributed by atoms with E-state index in [0.717, 1.165) is 16.7 Å². The van der Waals surface area contributed by atoms with Gasteiger partial charge in [0.15, 0.2) is 0 Å². The summed E-state index contributed by atoms with van der Waals surface area (Å²) in [4.78, 5) is 9.97. The summed E-state index contributed by atoms with van der Waals surface area (Å²) in [5.74, 6) is 0. The second-order valence-corrected chi connectivity index (χ2v) is 7.39. The average Bonchev–Trinajstić information content (AvgIpc) is 2.13. The Morgan fingerprint density at radius 1 is 1.22 bits per heavy atom. The number of aryl methyl sites for hydroxylation is 2. The highest BCUT2D eigenvalue weighted by Gasteiger charge is 2.28. The van der Waals surface area contributed by atoms with Crippen molar-refractivity contribution in [3.63, 3.8) is 0 Å². The molecule has 0 aliphatic rings. The van der Waals surface area contributed by atoms with E-state index in [9.17, 15) is 9.46 Å². The third-order valence-electron chi connectivity index (χ3n) is 2.94. The largest absolute Gasteiger partial charge is 0.359 e. The molecule has 0 fully saturated rings. The van der Waals surface area contributed by atoms with Crippen molar-refractivity contribution < 1.29 is 14.0 Å². The molecular formula is C14H23O3P. The molecule has 0 saturated heterocycles. The van der Waals surface area contributed by atoms with Crippen LogP contribution in [0.25, 0.3) is 0 Å². The predicted octanol–water partition coefficient (Wildman–Crippen LogP) is 3.45. The van der Waals surface area contributed by atoms with Crippen molar-refractivity contribution in [2.75, 3.05) is 6.61 Å². The van der Waals surface area contributed by atoms with Gasteiger partial charge in [-0.3, -0.25) is 4.57 Å². The third kappa shape index (κ3) is 3.23. The molecule has 0 bridgehead atoms. The predicted molar refractivity (Wildman–Crippen MR) is 75.7 cm³/mol. The summed E-state index contributed by atoms with van der Waals surface area (Å²) >= 11 is 0. The molecule has 0 heterocycles. The summed E-state index contributed by atoms with van der Waals surface area (Å²) in [7, 11) is -3.69. The van der Waals surface area contributed by atoms with Gasteiger partial charge < -0.3 is 9.42 Å². The van der Waals surface area contributed by atoms with Crippen molar-refractivity contribution in [3.05, 3.63) is 28.8 Å². The molecule has 0 aliphatic heterocycles. The third-order valence-corrected chi connectivity index (χ3v) is 4.82. The SMILES string of the molecule is CCOP(=O)(O)c1c(C)cc(C(C)(C)C)cc1C. The van der Waals surface area contributed by atoms with E-state index in [4.69, 9.17) is 4.52 Å². The monoisotopic (exact) mass is 270 g/mol. The fourth-order valence-electron chi connectivity index (χ4n) is 2.07. The Bertz CT molecular complexity index is 463. The van der Waals surface area contributed by atoms with Crippen molar-refractivity contribution in [1.82, 2.24) is 0 Å². The summed E-state index contributed by atoms with van der Waals surface area (Å²) in [6, 6.07) is 3.95. The maximum Gasteiger partial charge on any atom is 0.359 e. The molecule has 1 unspecified atom stereocenters. The van der Waals surface area contributed by atoms with Crippen molar-refractivity contribution in [3.8, 4) is 0 Å². The van der Waals surface area contributed by atoms with Crippen molar-refractivity contribution in [1.29, 1.82) is 0 Å². The van der Waals surface area contributed by atoms with Crippen LogP contribution in [0.15, 0.2) is 12.1 Å². The molecule has 0 radical (unpaired) electrons. The summed E-state index contributed by atoms with van der Waals surface area (Å²) < 4.78 is 17.2. The average molecular weight is 270 g/mol. The Labute approximate surface area is 110 Å². The van der Waals surface area contributed by atoms with E-state index in [-0.39, 0.29) is 12.0 Å². The minimum absolute atomic E-state index is 0.0269. The van der Waals surface area contributed by atoms with E-state index in [1.165, 1.54) is 0 Å². The topological polar surface area (TPSA) is 46.5 Å². The zero-order valence-electron chi connectivity index (χ0n) is 12.1. The van der Waals surface area contributed by atoms with Gasteiger partial charge in [-0.1, -0.05) is 32.9 Å². The molecule has 4 heteroatoms. The Morgan fingerprint density at radius 3 is 2.00 bits per heavy atom. The molecule has 0 aromatic heterocycles. The molecule has 0 spiro atoms. The maximum absolute atomic E-state index is 12.2. The maximum atomic E-state index is 12.2. The number of hydrogen-bond acceptors (Lipinski definition) is 2. The molecule has 3 nitrogen and oxygen atoms in total. The van der Waals surface area contributed by atoms with Gasteiger partial charge in [0.1, 0.15) is 0 Å². The number of benzene rings is 1. The molecule has 18 heavy (non-hydrogen) atoms. The van der Waals surface area contributed by atoms with Gasteiger partial charge in [-0.15, -0.1) is 0 Å².